The van der Waals surface area contributed by atoms with E-state index in [9.17, 15) is 4.79 Å². The number of nitrogens with one attached hydrogen (secondary N) is 2. The number of ether oxygens (including phenoxy) is 2. The van der Waals surface area contributed by atoms with Gasteiger partial charge in [0.25, 0.3) is 0 Å². The van der Waals surface area contributed by atoms with E-state index in [2.05, 4.69) is 15.3 Å². The minimum Gasteiger partial charge on any atom is -0.359 e. The Labute approximate surface area is 125 Å². The maximum atomic E-state index is 12.3. The minimum absolute atomic E-state index is 0.0251. The first-order valence-electron chi connectivity index (χ1n) is 7.43. The summed E-state index contributed by atoms with van der Waals surface area (Å²) in [5.74, 6) is 0.869. The zero-order valence-corrected chi connectivity index (χ0v) is 12.5. The molecule has 7 heteroatoms. The normalized spacial score (nSPS) is 18.7. The second-order valence-electron chi connectivity index (χ2n) is 5.08. The number of rotatable bonds is 7. The third-order valence-corrected chi connectivity index (χ3v) is 3.54. The third-order valence-electron chi connectivity index (χ3n) is 3.54. The number of imidazole rings is 1. The van der Waals surface area contributed by atoms with Gasteiger partial charge in [0.15, 0.2) is 0 Å². The zero-order chi connectivity index (χ0) is 14.9. The van der Waals surface area contributed by atoms with Crippen LogP contribution in [0.2, 0.25) is 0 Å². The Balaban J connectivity index is 1.76. The summed E-state index contributed by atoms with van der Waals surface area (Å²) in [6.45, 7) is 2.25. The Hall–Kier alpha value is -1.60. The molecule has 2 amide bonds. The molecule has 0 bridgehead atoms. The van der Waals surface area contributed by atoms with Crippen LogP contribution in [-0.2, 0) is 9.47 Å². The van der Waals surface area contributed by atoms with Gasteiger partial charge in [0.05, 0.1) is 12.6 Å². The summed E-state index contributed by atoms with van der Waals surface area (Å²) < 4.78 is 9.98. The predicted octanol–water partition coefficient (Wildman–Crippen LogP) is 1.66. The van der Waals surface area contributed by atoms with Crippen molar-refractivity contribution in [3.8, 4) is 0 Å². The highest BCUT2D eigenvalue weighted by Crippen LogP contribution is 2.28. The molecule has 118 valence electrons. The maximum Gasteiger partial charge on any atom is 0.318 e. The van der Waals surface area contributed by atoms with Crippen molar-refractivity contribution in [3.05, 3.63) is 18.2 Å². The molecule has 1 aliphatic rings. The van der Waals surface area contributed by atoms with Gasteiger partial charge in [-0.25, -0.2) is 9.78 Å². The molecule has 1 aromatic rings. The van der Waals surface area contributed by atoms with Gasteiger partial charge in [0.2, 0.25) is 0 Å². The van der Waals surface area contributed by atoms with Gasteiger partial charge in [-0.3, -0.25) is 0 Å². The van der Waals surface area contributed by atoms with Crippen molar-refractivity contribution in [1.82, 2.24) is 20.2 Å². The number of aromatic amines is 1. The lowest BCUT2D eigenvalue weighted by Gasteiger charge is -2.34. The second-order valence-corrected chi connectivity index (χ2v) is 5.08. The molecule has 1 aliphatic heterocycles. The molecule has 1 unspecified atom stereocenters. The number of carbonyl (C=O) groups is 1. The van der Waals surface area contributed by atoms with E-state index < -0.39 is 0 Å². The largest absolute Gasteiger partial charge is 0.359 e. The van der Waals surface area contributed by atoms with Crippen molar-refractivity contribution < 1.29 is 14.3 Å². The fourth-order valence-corrected chi connectivity index (χ4v) is 2.53. The molecule has 1 fully saturated rings. The van der Waals surface area contributed by atoms with E-state index in [4.69, 9.17) is 9.47 Å². The van der Waals surface area contributed by atoms with Crippen molar-refractivity contribution in [1.29, 1.82) is 0 Å². The number of nitrogens with zero attached hydrogens (tertiary/aromatic N) is 2. The van der Waals surface area contributed by atoms with Crippen LogP contribution in [0.5, 0.6) is 0 Å². The Bertz CT molecular complexity index is 410. The molecule has 0 radical (unpaired) electrons. The lowest BCUT2D eigenvalue weighted by molar-refractivity contribution is -0.0308. The number of methoxy groups -OCH3 is 1. The van der Waals surface area contributed by atoms with Crippen LogP contribution < -0.4 is 5.32 Å². The van der Waals surface area contributed by atoms with E-state index in [-0.39, 0.29) is 12.1 Å². The number of amides is 2. The van der Waals surface area contributed by atoms with E-state index in [0.29, 0.717) is 19.9 Å². The summed E-state index contributed by atoms with van der Waals surface area (Å²) in [7, 11) is 1.59. The van der Waals surface area contributed by atoms with Gasteiger partial charge in [-0.1, -0.05) is 0 Å². The van der Waals surface area contributed by atoms with Crippen LogP contribution in [0.3, 0.4) is 0 Å². The van der Waals surface area contributed by atoms with Crippen molar-refractivity contribution in [2.75, 3.05) is 33.6 Å². The lowest BCUT2D eigenvalue weighted by atomic mass is 10.0. The molecule has 1 atom stereocenters. The van der Waals surface area contributed by atoms with Gasteiger partial charge in [0.1, 0.15) is 12.6 Å². The molecule has 2 heterocycles. The molecule has 2 N–H and O–H groups in total. The lowest BCUT2D eigenvalue weighted by Crippen LogP contribution is -2.45. The first-order valence-corrected chi connectivity index (χ1v) is 7.43. The van der Waals surface area contributed by atoms with E-state index in [1.54, 1.807) is 19.5 Å². The van der Waals surface area contributed by atoms with Crippen molar-refractivity contribution in [3.63, 3.8) is 0 Å². The molecule has 0 saturated carbocycles. The number of carbonyl (C=O) groups excluding carboxylic acids is 1. The molecule has 2 rings (SSSR count). The number of hydrogen-bond donors (Lipinski definition) is 2. The standard InChI is InChI=1S/C14H24N4O3/c1-20-11-21-10-4-6-17-14(19)18-9-3-2-5-12(18)13-15-7-8-16-13/h7-8,12H,2-6,9-11H2,1H3,(H,15,16)(H,17,19). The first-order chi connectivity index (χ1) is 10.3. The quantitative estimate of drug-likeness (QED) is 0.592. The minimum atomic E-state index is -0.0251. The number of likely N-dealkylation sites (tertiary alicyclic amines) is 1. The Morgan fingerprint density at radius 1 is 1.57 bits per heavy atom. The van der Waals surface area contributed by atoms with Crippen LogP contribution in [0.4, 0.5) is 4.79 Å². The van der Waals surface area contributed by atoms with Crippen molar-refractivity contribution in [2.24, 2.45) is 0 Å². The smallest absolute Gasteiger partial charge is 0.318 e. The van der Waals surface area contributed by atoms with Crippen LogP contribution in [0.1, 0.15) is 37.5 Å². The fraction of sp³-hybridized carbons (Fsp3) is 0.714. The molecule has 0 aliphatic carbocycles. The van der Waals surface area contributed by atoms with Crippen LogP contribution in [0, 0.1) is 0 Å². The van der Waals surface area contributed by atoms with Crippen LogP contribution in [0.15, 0.2) is 12.4 Å². The number of urea groups is 1. The molecule has 1 saturated heterocycles. The van der Waals surface area contributed by atoms with Crippen LogP contribution >= 0.6 is 0 Å². The van der Waals surface area contributed by atoms with Gasteiger partial charge >= 0.3 is 6.03 Å². The fourth-order valence-electron chi connectivity index (χ4n) is 2.53. The number of piperidine rings is 1. The molecular formula is C14H24N4O3. The summed E-state index contributed by atoms with van der Waals surface area (Å²) in [5.41, 5.74) is 0. The van der Waals surface area contributed by atoms with E-state index in [1.807, 2.05) is 4.90 Å². The van der Waals surface area contributed by atoms with Crippen LogP contribution in [-0.4, -0.2) is 54.5 Å². The molecule has 0 spiro atoms. The third kappa shape index (κ3) is 4.71. The van der Waals surface area contributed by atoms with E-state index >= 15 is 0 Å². The summed E-state index contributed by atoms with van der Waals surface area (Å²) >= 11 is 0. The number of hydrogen-bond acceptors (Lipinski definition) is 4. The first kappa shape index (κ1) is 15.8. The highest BCUT2D eigenvalue weighted by Gasteiger charge is 2.29. The predicted molar refractivity (Wildman–Crippen MR) is 77.7 cm³/mol. The Morgan fingerprint density at radius 3 is 3.24 bits per heavy atom. The Kier molecular flexibility index (Phi) is 6.49. The van der Waals surface area contributed by atoms with Gasteiger partial charge in [-0.15, -0.1) is 0 Å². The maximum absolute atomic E-state index is 12.3. The molecule has 7 nitrogen and oxygen atoms in total. The van der Waals surface area contributed by atoms with Crippen LogP contribution in [0.25, 0.3) is 0 Å². The van der Waals surface area contributed by atoms with Gasteiger partial charge in [-0.2, -0.15) is 0 Å². The summed E-state index contributed by atoms with van der Waals surface area (Å²) in [4.78, 5) is 21.6. The van der Waals surface area contributed by atoms with Crippen molar-refractivity contribution >= 4 is 6.03 Å². The average molecular weight is 296 g/mol. The molecule has 21 heavy (non-hydrogen) atoms. The van der Waals surface area contributed by atoms with E-state index in [1.165, 1.54) is 0 Å². The highest BCUT2D eigenvalue weighted by atomic mass is 16.7. The van der Waals surface area contributed by atoms with E-state index in [0.717, 1.165) is 38.1 Å². The van der Waals surface area contributed by atoms with Gasteiger partial charge in [-0.05, 0) is 25.7 Å². The van der Waals surface area contributed by atoms with Gasteiger partial charge in [0, 0.05) is 32.6 Å². The number of aromatic nitrogens is 2. The summed E-state index contributed by atoms with van der Waals surface area (Å²) in [6.07, 6.45) is 7.42. The Morgan fingerprint density at radius 2 is 2.48 bits per heavy atom. The molecular weight excluding hydrogens is 272 g/mol. The SMILES string of the molecule is COCOCCCNC(=O)N1CCCCC1c1ncc[nH]1. The molecule has 1 aromatic heterocycles. The monoisotopic (exact) mass is 296 g/mol. The summed E-state index contributed by atoms with van der Waals surface area (Å²) in [6, 6.07) is 0.0290. The highest BCUT2D eigenvalue weighted by molar-refractivity contribution is 5.74. The summed E-state index contributed by atoms with van der Waals surface area (Å²) in [5, 5.41) is 2.95. The average Bonchev–Trinajstić information content (AvgIpc) is 3.05. The molecule has 0 aromatic carbocycles. The zero-order valence-electron chi connectivity index (χ0n) is 12.5. The van der Waals surface area contributed by atoms with Gasteiger partial charge < -0.3 is 24.7 Å². The van der Waals surface area contributed by atoms with Crippen molar-refractivity contribution in [2.45, 2.75) is 31.7 Å². The number of H-pyrrole nitrogens is 1. The second kappa shape index (κ2) is 8.63. The topological polar surface area (TPSA) is 79.5 Å².